The molecule has 0 aliphatic carbocycles. The Balaban J connectivity index is 2.71. The van der Waals surface area contributed by atoms with Crippen LogP contribution in [0.15, 0.2) is 24.3 Å². The molecular weight excluding hydrogens is 266 g/mol. The van der Waals surface area contributed by atoms with Crippen molar-refractivity contribution in [1.82, 2.24) is 4.90 Å². The van der Waals surface area contributed by atoms with E-state index in [-0.39, 0.29) is 5.91 Å². The normalized spacial score (nSPS) is 10.6. The third kappa shape index (κ3) is 5.58. The molecule has 0 unspecified atom stereocenters. The first kappa shape index (κ1) is 17.1. The summed E-state index contributed by atoms with van der Waals surface area (Å²) in [5.74, 6) is 1.19. The number of nitrogens with zero attached hydrogens (tertiary/aromatic N) is 1. The van der Waals surface area contributed by atoms with Crippen LogP contribution in [0.1, 0.15) is 55.5 Å². The van der Waals surface area contributed by atoms with Crippen molar-refractivity contribution in [3.8, 4) is 0 Å². The Morgan fingerprint density at radius 1 is 1.05 bits per heavy atom. The molecule has 2 nitrogen and oxygen atoms in total. The highest BCUT2D eigenvalue weighted by Gasteiger charge is 2.14. The minimum absolute atomic E-state index is 0.183. The smallest absolute Gasteiger partial charge is 0.253 e. The topological polar surface area (TPSA) is 20.3 Å². The monoisotopic (exact) mass is 293 g/mol. The van der Waals surface area contributed by atoms with Gasteiger partial charge in [-0.1, -0.05) is 38.8 Å². The zero-order valence-corrected chi connectivity index (χ0v) is 13.8. The molecule has 3 heteroatoms. The summed E-state index contributed by atoms with van der Waals surface area (Å²) < 4.78 is 0. The summed E-state index contributed by atoms with van der Waals surface area (Å²) in [5, 5.41) is 0. The molecule has 0 fully saturated rings. The molecule has 0 aliphatic heterocycles. The molecule has 0 atom stereocenters. The maximum atomic E-state index is 12.5. The second kappa shape index (κ2) is 9.87. The van der Waals surface area contributed by atoms with Gasteiger partial charge >= 0.3 is 0 Å². The molecule has 0 aliphatic rings. The minimum atomic E-state index is 0.183. The van der Waals surface area contributed by atoms with Crippen LogP contribution in [0.2, 0.25) is 0 Å². The number of carbonyl (C=O) groups excluding carboxylic acids is 1. The van der Waals surface area contributed by atoms with Gasteiger partial charge in [0, 0.05) is 24.4 Å². The molecule has 0 heterocycles. The minimum Gasteiger partial charge on any atom is -0.339 e. The van der Waals surface area contributed by atoms with E-state index in [2.05, 4.69) is 32.2 Å². The summed E-state index contributed by atoms with van der Waals surface area (Å²) in [6, 6.07) is 8.08. The molecular formula is C17H27NOS. The van der Waals surface area contributed by atoms with Crippen molar-refractivity contribution >= 4 is 17.7 Å². The van der Waals surface area contributed by atoms with Crippen molar-refractivity contribution in [3.63, 3.8) is 0 Å². The maximum absolute atomic E-state index is 12.5. The van der Waals surface area contributed by atoms with E-state index in [0.29, 0.717) is 0 Å². The molecule has 1 rings (SSSR count). The van der Waals surface area contributed by atoms with Gasteiger partial charge in [0.1, 0.15) is 0 Å². The van der Waals surface area contributed by atoms with Gasteiger partial charge in [0.15, 0.2) is 0 Å². The van der Waals surface area contributed by atoms with Crippen molar-refractivity contribution in [3.05, 3.63) is 35.4 Å². The molecule has 1 aromatic carbocycles. The first-order valence-electron chi connectivity index (χ1n) is 7.60. The molecule has 0 bridgehead atoms. The van der Waals surface area contributed by atoms with E-state index >= 15 is 0 Å². The van der Waals surface area contributed by atoms with E-state index in [0.717, 1.165) is 50.1 Å². The second-order valence-electron chi connectivity index (χ2n) is 5.13. The summed E-state index contributed by atoms with van der Waals surface area (Å²) in [6.07, 6.45) is 6.52. The fraction of sp³-hybridized carbons (Fsp3) is 0.588. The summed E-state index contributed by atoms with van der Waals surface area (Å²) in [4.78, 5) is 14.6. The largest absolute Gasteiger partial charge is 0.339 e. The molecule has 0 saturated carbocycles. The Bertz CT molecular complexity index is 380. The van der Waals surface area contributed by atoms with Crippen LogP contribution < -0.4 is 0 Å². The van der Waals surface area contributed by atoms with Crippen LogP contribution in [0.4, 0.5) is 0 Å². The van der Waals surface area contributed by atoms with Crippen molar-refractivity contribution in [1.29, 1.82) is 0 Å². The Morgan fingerprint density at radius 2 is 1.60 bits per heavy atom. The van der Waals surface area contributed by atoms with E-state index in [4.69, 9.17) is 0 Å². The SMILES string of the molecule is CCCCN(CCCC)C(=O)c1ccc(CSC)cc1. The van der Waals surface area contributed by atoms with E-state index in [1.807, 2.05) is 17.0 Å². The number of hydrogen-bond acceptors (Lipinski definition) is 2. The highest BCUT2D eigenvalue weighted by atomic mass is 32.2. The average molecular weight is 293 g/mol. The number of carbonyl (C=O) groups is 1. The molecule has 112 valence electrons. The van der Waals surface area contributed by atoms with Gasteiger partial charge in [-0.15, -0.1) is 0 Å². The lowest BCUT2D eigenvalue weighted by Crippen LogP contribution is -2.32. The lowest BCUT2D eigenvalue weighted by molar-refractivity contribution is 0.0751. The predicted octanol–water partition coefficient (Wildman–Crippen LogP) is 4.59. The molecule has 20 heavy (non-hydrogen) atoms. The zero-order valence-electron chi connectivity index (χ0n) is 13.0. The van der Waals surface area contributed by atoms with Crippen LogP contribution >= 0.6 is 11.8 Å². The van der Waals surface area contributed by atoms with Crippen LogP contribution in [0.5, 0.6) is 0 Å². The van der Waals surface area contributed by atoms with Crippen molar-refractivity contribution in [2.45, 2.75) is 45.3 Å². The Hall–Kier alpha value is -0.960. The van der Waals surface area contributed by atoms with Gasteiger partial charge in [0.25, 0.3) is 5.91 Å². The predicted molar refractivity (Wildman–Crippen MR) is 89.4 cm³/mol. The van der Waals surface area contributed by atoms with Crippen LogP contribution in [-0.2, 0) is 5.75 Å². The van der Waals surface area contributed by atoms with Crippen molar-refractivity contribution in [2.75, 3.05) is 19.3 Å². The number of unbranched alkanes of at least 4 members (excludes halogenated alkanes) is 2. The number of rotatable bonds is 9. The third-order valence-electron chi connectivity index (χ3n) is 3.36. The van der Waals surface area contributed by atoms with Gasteiger partial charge in [-0.25, -0.2) is 0 Å². The fourth-order valence-corrected chi connectivity index (χ4v) is 2.63. The van der Waals surface area contributed by atoms with Gasteiger partial charge in [-0.2, -0.15) is 11.8 Å². The Morgan fingerprint density at radius 3 is 2.05 bits per heavy atom. The van der Waals surface area contributed by atoms with Gasteiger partial charge in [-0.3, -0.25) is 4.79 Å². The van der Waals surface area contributed by atoms with E-state index in [9.17, 15) is 4.79 Å². The van der Waals surface area contributed by atoms with Crippen molar-refractivity contribution < 1.29 is 4.79 Å². The van der Waals surface area contributed by atoms with E-state index in [1.54, 1.807) is 11.8 Å². The highest BCUT2D eigenvalue weighted by molar-refractivity contribution is 7.97. The highest BCUT2D eigenvalue weighted by Crippen LogP contribution is 2.13. The second-order valence-corrected chi connectivity index (χ2v) is 6.00. The molecule has 0 N–H and O–H groups in total. The van der Waals surface area contributed by atoms with E-state index in [1.165, 1.54) is 5.56 Å². The fourth-order valence-electron chi connectivity index (χ4n) is 2.11. The van der Waals surface area contributed by atoms with Gasteiger partial charge < -0.3 is 4.90 Å². The Labute approximate surface area is 127 Å². The number of hydrogen-bond donors (Lipinski definition) is 0. The third-order valence-corrected chi connectivity index (χ3v) is 3.98. The lowest BCUT2D eigenvalue weighted by Gasteiger charge is -2.22. The Kier molecular flexibility index (Phi) is 8.43. The summed E-state index contributed by atoms with van der Waals surface area (Å²) >= 11 is 1.80. The summed E-state index contributed by atoms with van der Waals surface area (Å²) in [6.45, 7) is 6.09. The van der Waals surface area contributed by atoms with Gasteiger partial charge in [0.05, 0.1) is 0 Å². The number of benzene rings is 1. The number of thioether (sulfide) groups is 1. The molecule has 1 aromatic rings. The molecule has 0 saturated heterocycles. The summed E-state index contributed by atoms with van der Waals surface area (Å²) in [5.41, 5.74) is 2.10. The molecule has 0 spiro atoms. The average Bonchev–Trinajstić information content (AvgIpc) is 2.48. The first-order chi connectivity index (χ1) is 9.72. The molecule has 0 radical (unpaired) electrons. The quantitative estimate of drug-likeness (QED) is 0.663. The van der Waals surface area contributed by atoms with E-state index < -0.39 is 0 Å². The van der Waals surface area contributed by atoms with Gasteiger partial charge in [0.2, 0.25) is 0 Å². The first-order valence-corrected chi connectivity index (χ1v) is 8.99. The lowest BCUT2D eigenvalue weighted by atomic mass is 10.1. The zero-order chi connectivity index (χ0) is 14.8. The number of amides is 1. The van der Waals surface area contributed by atoms with Crippen LogP contribution in [0, 0.1) is 0 Å². The maximum Gasteiger partial charge on any atom is 0.253 e. The van der Waals surface area contributed by atoms with Crippen LogP contribution in [0.25, 0.3) is 0 Å². The van der Waals surface area contributed by atoms with Gasteiger partial charge in [-0.05, 0) is 36.8 Å². The summed E-state index contributed by atoms with van der Waals surface area (Å²) in [7, 11) is 0. The molecule has 0 aromatic heterocycles. The molecule has 1 amide bonds. The van der Waals surface area contributed by atoms with Crippen LogP contribution in [-0.4, -0.2) is 30.2 Å². The van der Waals surface area contributed by atoms with Crippen molar-refractivity contribution in [2.24, 2.45) is 0 Å². The van der Waals surface area contributed by atoms with Crippen LogP contribution in [0.3, 0.4) is 0 Å². The standard InChI is InChI=1S/C17H27NOS/c1-4-6-12-18(13-7-5-2)17(19)16-10-8-15(9-11-16)14-20-3/h8-11H,4-7,12-14H2,1-3H3.